The second-order valence-corrected chi connectivity index (χ2v) is 8.31. The molecule has 4 rings (SSSR count). The Morgan fingerprint density at radius 2 is 1.88 bits per heavy atom. The largest absolute Gasteiger partial charge is 0.382 e. The lowest BCUT2D eigenvalue weighted by Crippen LogP contribution is -2.24. The summed E-state index contributed by atoms with van der Waals surface area (Å²) in [6.07, 6.45) is 2.05. The molecule has 0 radical (unpaired) electrons. The molecular weight excluding hydrogens is 416 g/mol. The molecule has 1 aliphatic carbocycles. The molecule has 1 saturated carbocycles. The van der Waals surface area contributed by atoms with Crippen LogP contribution in [0.15, 0.2) is 54.6 Å². The Labute approximate surface area is 192 Å². The lowest BCUT2D eigenvalue weighted by atomic mass is 10.1. The first-order valence-corrected chi connectivity index (χ1v) is 11.0. The molecule has 1 aliphatic rings. The molecule has 0 spiro atoms. The zero-order valence-corrected chi connectivity index (χ0v) is 18.4. The van der Waals surface area contributed by atoms with Crippen LogP contribution in [-0.2, 0) is 11.2 Å². The van der Waals surface area contributed by atoms with Crippen molar-refractivity contribution in [3.8, 4) is 11.8 Å². The number of anilines is 2. The second-order valence-electron chi connectivity index (χ2n) is 8.31. The third-order valence-electron chi connectivity index (χ3n) is 5.84. The van der Waals surface area contributed by atoms with Crippen LogP contribution in [0.25, 0.3) is 5.69 Å². The van der Waals surface area contributed by atoms with Gasteiger partial charge in [0.05, 0.1) is 11.4 Å². The van der Waals surface area contributed by atoms with Gasteiger partial charge in [0, 0.05) is 23.7 Å². The number of amides is 2. The van der Waals surface area contributed by atoms with Crippen LogP contribution < -0.4 is 16.4 Å². The fourth-order valence-corrected chi connectivity index (χ4v) is 3.73. The average molecular weight is 443 g/mol. The number of para-hydroxylation sites is 1. The molecule has 8 nitrogen and oxygen atoms in total. The fraction of sp³-hybridized carbons (Fsp3) is 0.280. The van der Waals surface area contributed by atoms with Crippen molar-refractivity contribution < 1.29 is 9.59 Å². The SMILES string of the molecule is CC1CC1C(=O)Nc1ccc(C(=O)NCCCc2nn(-c3ccccc3)c(N)c2C#N)cc1. The Morgan fingerprint density at radius 1 is 1.18 bits per heavy atom. The van der Waals surface area contributed by atoms with E-state index in [9.17, 15) is 14.9 Å². The molecule has 2 amide bonds. The maximum atomic E-state index is 12.4. The highest BCUT2D eigenvalue weighted by molar-refractivity contribution is 5.96. The van der Waals surface area contributed by atoms with E-state index in [4.69, 9.17) is 5.73 Å². The number of hydrogen-bond donors (Lipinski definition) is 3. The van der Waals surface area contributed by atoms with Crippen molar-refractivity contribution in [3.05, 3.63) is 71.4 Å². The molecule has 1 heterocycles. The standard InChI is InChI=1S/C25H26N6O2/c1-16-14-20(16)25(33)29-18-11-9-17(10-12-18)24(32)28-13-5-8-22-21(15-26)23(27)31(30-22)19-6-3-2-4-7-19/h2-4,6-7,9-12,16,20H,5,8,13-14,27H2,1H3,(H,28,32)(H,29,33). The minimum Gasteiger partial charge on any atom is -0.382 e. The molecular formula is C25H26N6O2. The number of nitrogens with one attached hydrogen (secondary N) is 2. The number of nitrogens with zero attached hydrogens (tertiary/aromatic N) is 3. The van der Waals surface area contributed by atoms with Crippen LogP contribution in [0.3, 0.4) is 0 Å². The van der Waals surface area contributed by atoms with Gasteiger partial charge in [0.1, 0.15) is 17.5 Å². The predicted octanol–water partition coefficient (Wildman–Crippen LogP) is 3.28. The van der Waals surface area contributed by atoms with Crippen molar-refractivity contribution >= 4 is 23.3 Å². The van der Waals surface area contributed by atoms with Crippen molar-refractivity contribution in [2.75, 3.05) is 17.6 Å². The van der Waals surface area contributed by atoms with E-state index in [1.165, 1.54) is 0 Å². The minimum atomic E-state index is -0.196. The molecule has 2 atom stereocenters. The summed E-state index contributed by atoms with van der Waals surface area (Å²) >= 11 is 0. The van der Waals surface area contributed by atoms with Crippen LogP contribution in [0.4, 0.5) is 11.5 Å². The van der Waals surface area contributed by atoms with Gasteiger partial charge < -0.3 is 16.4 Å². The molecule has 168 valence electrons. The molecule has 2 unspecified atom stereocenters. The number of nitrogens with two attached hydrogens (primary N) is 1. The zero-order chi connectivity index (χ0) is 23.4. The van der Waals surface area contributed by atoms with Gasteiger partial charge in [-0.25, -0.2) is 4.68 Å². The molecule has 1 aromatic heterocycles. The van der Waals surface area contributed by atoms with Crippen molar-refractivity contribution in [1.82, 2.24) is 15.1 Å². The first-order valence-electron chi connectivity index (χ1n) is 11.0. The summed E-state index contributed by atoms with van der Waals surface area (Å²) in [4.78, 5) is 24.4. The van der Waals surface area contributed by atoms with Gasteiger partial charge >= 0.3 is 0 Å². The summed E-state index contributed by atoms with van der Waals surface area (Å²) in [5, 5.41) is 19.8. The number of hydrogen-bond acceptors (Lipinski definition) is 5. The van der Waals surface area contributed by atoms with E-state index in [1.54, 1.807) is 28.9 Å². The molecule has 0 saturated heterocycles. The van der Waals surface area contributed by atoms with Gasteiger partial charge in [-0.2, -0.15) is 10.4 Å². The topological polar surface area (TPSA) is 126 Å². The number of rotatable bonds is 8. The van der Waals surface area contributed by atoms with Crippen molar-refractivity contribution in [1.29, 1.82) is 5.26 Å². The summed E-state index contributed by atoms with van der Waals surface area (Å²) in [5.41, 5.74) is 9.09. The summed E-state index contributed by atoms with van der Waals surface area (Å²) in [6, 6.07) is 18.4. The highest BCUT2D eigenvalue weighted by Crippen LogP contribution is 2.38. The van der Waals surface area contributed by atoms with Gasteiger partial charge in [-0.3, -0.25) is 9.59 Å². The zero-order valence-electron chi connectivity index (χ0n) is 18.4. The molecule has 3 aromatic rings. The number of benzene rings is 2. The Hall–Kier alpha value is -4.12. The summed E-state index contributed by atoms with van der Waals surface area (Å²) in [7, 11) is 0. The third-order valence-corrected chi connectivity index (χ3v) is 5.84. The maximum Gasteiger partial charge on any atom is 0.251 e. The number of nitriles is 1. The van der Waals surface area contributed by atoms with E-state index >= 15 is 0 Å². The Kier molecular flexibility index (Phi) is 6.41. The number of aryl methyl sites for hydroxylation is 1. The van der Waals surface area contributed by atoms with Crippen LogP contribution >= 0.6 is 0 Å². The molecule has 1 fully saturated rings. The van der Waals surface area contributed by atoms with Crippen molar-refractivity contribution in [3.63, 3.8) is 0 Å². The highest BCUT2D eigenvalue weighted by Gasteiger charge is 2.39. The van der Waals surface area contributed by atoms with E-state index in [1.807, 2.05) is 30.3 Å². The first-order chi connectivity index (χ1) is 16.0. The molecule has 0 bridgehead atoms. The van der Waals surface area contributed by atoms with E-state index < -0.39 is 0 Å². The van der Waals surface area contributed by atoms with E-state index in [2.05, 4.69) is 28.7 Å². The quantitative estimate of drug-likeness (QED) is 0.462. The van der Waals surface area contributed by atoms with Gasteiger partial charge in [0.15, 0.2) is 0 Å². The van der Waals surface area contributed by atoms with Gasteiger partial charge in [-0.15, -0.1) is 0 Å². The second kappa shape index (κ2) is 9.57. The summed E-state index contributed by atoms with van der Waals surface area (Å²) in [5.74, 6) is 0.697. The summed E-state index contributed by atoms with van der Waals surface area (Å²) < 4.78 is 1.57. The summed E-state index contributed by atoms with van der Waals surface area (Å²) in [6.45, 7) is 2.49. The molecule has 4 N–H and O–H groups in total. The van der Waals surface area contributed by atoms with Crippen LogP contribution in [0, 0.1) is 23.2 Å². The van der Waals surface area contributed by atoms with E-state index in [0.29, 0.717) is 53.6 Å². The normalized spacial score (nSPS) is 16.6. The van der Waals surface area contributed by atoms with E-state index in [-0.39, 0.29) is 17.7 Å². The van der Waals surface area contributed by atoms with Gasteiger partial charge in [0.2, 0.25) is 5.91 Å². The van der Waals surface area contributed by atoms with Gasteiger partial charge in [-0.1, -0.05) is 25.1 Å². The van der Waals surface area contributed by atoms with Gasteiger partial charge in [-0.05, 0) is 61.6 Å². The number of nitrogen functional groups attached to an aromatic ring is 1. The number of aromatic nitrogens is 2. The monoisotopic (exact) mass is 442 g/mol. The van der Waals surface area contributed by atoms with Crippen LogP contribution in [0.2, 0.25) is 0 Å². The average Bonchev–Trinajstić information content (AvgIpc) is 3.48. The van der Waals surface area contributed by atoms with Crippen LogP contribution in [0.1, 0.15) is 41.4 Å². The van der Waals surface area contributed by atoms with Gasteiger partial charge in [0.25, 0.3) is 5.91 Å². The Bertz CT molecular complexity index is 1190. The fourth-order valence-electron chi connectivity index (χ4n) is 3.73. The first kappa shape index (κ1) is 22.1. The number of carbonyl (C=O) groups excluding carboxylic acids is 2. The Balaban J connectivity index is 1.29. The van der Waals surface area contributed by atoms with Crippen LogP contribution in [0.5, 0.6) is 0 Å². The van der Waals surface area contributed by atoms with Crippen molar-refractivity contribution in [2.24, 2.45) is 11.8 Å². The van der Waals surface area contributed by atoms with E-state index in [0.717, 1.165) is 12.1 Å². The minimum absolute atomic E-state index is 0.0341. The smallest absolute Gasteiger partial charge is 0.251 e. The lowest BCUT2D eigenvalue weighted by Gasteiger charge is -2.07. The molecule has 33 heavy (non-hydrogen) atoms. The molecule has 8 heteroatoms. The number of carbonyl (C=O) groups is 2. The molecule has 2 aromatic carbocycles. The maximum absolute atomic E-state index is 12.4. The van der Waals surface area contributed by atoms with Crippen molar-refractivity contribution in [2.45, 2.75) is 26.2 Å². The third kappa shape index (κ3) is 5.04. The lowest BCUT2D eigenvalue weighted by molar-refractivity contribution is -0.117. The highest BCUT2D eigenvalue weighted by atomic mass is 16.2. The molecule has 0 aliphatic heterocycles. The predicted molar refractivity (Wildman–Crippen MR) is 126 cm³/mol. The van der Waals surface area contributed by atoms with Crippen LogP contribution in [-0.4, -0.2) is 28.1 Å². The Morgan fingerprint density at radius 3 is 2.52 bits per heavy atom.